The van der Waals surface area contributed by atoms with E-state index in [-0.39, 0.29) is 17.2 Å². The number of para-hydroxylation sites is 1. The lowest BCUT2D eigenvalue weighted by molar-refractivity contribution is -0.117. The molecule has 0 fully saturated rings. The minimum atomic E-state index is -1.36. The predicted molar refractivity (Wildman–Crippen MR) is 99.3 cm³/mol. The van der Waals surface area contributed by atoms with Gasteiger partial charge in [0.15, 0.2) is 17.6 Å². The van der Waals surface area contributed by atoms with Crippen LogP contribution in [0.5, 0.6) is 0 Å². The van der Waals surface area contributed by atoms with Gasteiger partial charge in [-0.3, -0.25) is 14.4 Å². The van der Waals surface area contributed by atoms with E-state index in [9.17, 15) is 14.4 Å². The van der Waals surface area contributed by atoms with E-state index in [0.717, 1.165) is 0 Å². The van der Waals surface area contributed by atoms with Gasteiger partial charge in [0.2, 0.25) is 5.91 Å². The van der Waals surface area contributed by atoms with E-state index in [0.29, 0.717) is 17.1 Å². The van der Waals surface area contributed by atoms with Gasteiger partial charge in [-0.05, 0) is 37.3 Å². The number of nitrogens with two attached hydrogens (primary N) is 2. The number of rotatable bonds is 6. The molecular weight excluding hydrogens is 334 g/mol. The zero-order chi connectivity index (χ0) is 19.3. The van der Waals surface area contributed by atoms with E-state index in [4.69, 9.17) is 11.5 Å². The number of amides is 1. The lowest BCUT2D eigenvalue weighted by atomic mass is 10.00. The average molecular weight is 353 g/mol. The van der Waals surface area contributed by atoms with Crippen LogP contribution in [-0.2, 0) is 9.59 Å². The van der Waals surface area contributed by atoms with Crippen LogP contribution < -0.4 is 16.8 Å². The lowest BCUT2D eigenvalue weighted by Gasteiger charge is -2.10. The molecule has 5 N–H and O–H groups in total. The number of hydrogen-bond donors (Lipinski definition) is 3. The summed E-state index contributed by atoms with van der Waals surface area (Å²) in [5.74, 6) is -1.36. The molecule has 0 aliphatic carbocycles. The summed E-state index contributed by atoms with van der Waals surface area (Å²) < 4.78 is 0. The van der Waals surface area contributed by atoms with Crippen molar-refractivity contribution in [2.24, 2.45) is 10.2 Å². The van der Waals surface area contributed by atoms with Crippen LogP contribution in [0, 0.1) is 0 Å². The molecule has 0 aliphatic rings. The zero-order valence-electron chi connectivity index (χ0n) is 14.4. The van der Waals surface area contributed by atoms with Gasteiger partial charge >= 0.3 is 0 Å². The number of carbonyl (C=O) groups is 3. The lowest BCUT2D eigenvalue weighted by Crippen LogP contribution is -2.27. The Balaban J connectivity index is 2.36. The van der Waals surface area contributed by atoms with Gasteiger partial charge < -0.3 is 16.8 Å². The van der Waals surface area contributed by atoms with Gasteiger partial charge in [0.05, 0.1) is 5.69 Å². The summed E-state index contributed by atoms with van der Waals surface area (Å²) >= 11 is 0. The van der Waals surface area contributed by atoms with Gasteiger partial charge in [0.1, 0.15) is 5.69 Å². The van der Waals surface area contributed by atoms with Crippen molar-refractivity contribution in [1.29, 1.82) is 0 Å². The van der Waals surface area contributed by atoms with E-state index in [1.807, 2.05) is 0 Å². The Morgan fingerprint density at radius 2 is 1.73 bits per heavy atom. The maximum Gasteiger partial charge on any atom is 0.221 e. The van der Waals surface area contributed by atoms with E-state index in [2.05, 4.69) is 15.5 Å². The van der Waals surface area contributed by atoms with E-state index in [1.165, 1.54) is 26.0 Å². The number of nitrogens with one attached hydrogen (secondary N) is 1. The van der Waals surface area contributed by atoms with Crippen molar-refractivity contribution < 1.29 is 14.4 Å². The summed E-state index contributed by atoms with van der Waals surface area (Å²) in [6.45, 7) is 2.60. The average Bonchev–Trinajstić information content (AvgIpc) is 2.57. The molecule has 0 saturated heterocycles. The first kappa shape index (κ1) is 18.8. The van der Waals surface area contributed by atoms with Crippen LogP contribution >= 0.6 is 0 Å². The van der Waals surface area contributed by atoms with Crippen molar-refractivity contribution in [2.45, 2.75) is 19.9 Å². The molecule has 0 bridgehead atoms. The summed E-state index contributed by atoms with van der Waals surface area (Å²) in [5.41, 5.74) is 12.9. The summed E-state index contributed by atoms with van der Waals surface area (Å²) in [6.07, 6.45) is 0. The number of Topliss-reactive ketones (excluding diaryl/α,β-unsaturated/α-hetero) is 2. The molecule has 1 amide bonds. The molecule has 26 heavy (non-hydrogen) atoms. The van der Waals surface area contributed by atoms with Crippen molar-refractivity contribution in [2.75, 3.05) is 16.8 Å². The Morgan fingerprint density at radius 3 is 2.38 bits per heavy atom. The normalized spacial score (nSPS) is 11.9. The second-order valence-electron chi connectivity index (χ2n) is 5.64. The fraction of sp³-hybridized carbons (Fsp3) is 0.167. The van der Waals surface area contributed by atoms with E-state index < -0.39 is 17.6 Å². The third-order valence-electron chi connectivity index (χ3n) is 3.47. The highest BCUT2D eigenvalue weighted by Crippen LogP contribution is 2.26. The molecule has 8 heteroatoms. The van der Waals surface area contributed by atoms with Gasteiger partial charge in [-0.25, -0.2) is 0 Å². The highest BCUT2D eigenvalue weighted by molar-refractivity contribution is 6.16. The summed E-state index contributed by atoms with van der Waals surface area (Å²) in [6, 6.07) is 9.73. The largest absolute Gasteiger partial charge is 0.399 e. The van der Waals surface area contributed by atoms with E-state index in [1.54, 1.807) is 30.3 Å². The smallest absolute Gasteiger partial charge is 0.221 e. The molecule has 0 aromatic heterocycles. The minimum absolute atomic E-state index is 0.110. The number of azo groups is 1. The third-order valence-corrected chi connectivity index (χ3v) is 3.47. The first-order valence-electron chi connectivity index (χ1n) is 7.76. The van der Waals surface area contributed by atoms with Crippen molar-refractivity contribution in [3.05, 3.63) is 48.0 Å². The molecule has 1 unspecified atom stereocenters. The van der Waals surface area contributed by atoms with Gasteiger partial charge in [-0.15, -0.1) is 0 Å². The Hall–Kier alpha value is -3.55. The van der Waals surface area contributed by atoms with Crippen molar-refractivity contribution in [1.82, 2.24) is 0 Å². The Morgan fingerprint density at radius 1 is 1.04 bits per heavy atom. The Kier molecular flexibility index (Phi) is 5.79. The van der Waals surface area contributed by atoms with E-state index >= 15 is 0 Å². The molecule has 2 rings (SSSR count). The van der Waals surface area contributed by atoms with Crippen LogP contribution in [0.25, 0.3) is 0 Å². The maximum absolute atomic E-state index is 12.7. The first-order valence-corrected chi connectivity index (χ1v) is 7.76. The molecular formula is C18H19N5O3. The number of carbonyl (C=O) groups excluding carboxylic acids is 3. The molecule has 2 aromatic rings. The fourth-order valence-electron chi connectivity index (χ4n) is 2.23. The monoisotopic (exact) mass is 353 g/mol. The predicted octanol–water partition coefficient (Wildman–Crippen LogP) is 2.73. The number of benzene rings is 2. The highest BCUT2D eigenvalue weighted by Gasteiger charge is 2.26. The van der Waals surface area contributed by atoms with Crippen LogP contribution in [0.4, 0.5) is 22.7 Å². The topological polar surface area (TPSA) is 140 Å². The van der Waals surface area contributed by atoms with Crippen molar-refractivity contribution in [3.8, 4) is 0 Å². The second-order valence-corrected chi connectivity index (χ2v) is 5.64. The molecule has 0 radical (unpaired) electrons. The maximum atomic E-state index is 12.7. The van der Waals surface area contributed by atoms with Gasteiger partial charge in [-0.2, -0.15) is 10.2 Å². The van der Waals surface area contributed by atoms with Crippen molar-refractivity contribution in [3.63, 3.8) is 0 Å². The molecule has 8 nitrogen and oxygen atoms in total. The van der Waals surface area contributed by atoms with Gasteiger partial charge in [0, 0.05) is 23.9 Å². The number of hydrogen-bond acceptors (Lipinski definition) is 7. The van der Waals surface area contributed by atoms with Crippen LogP contribution in [0.1, 0.15) is 24.2 Å². The van der Waals surface area contributed by atoms with Crippen LogP contribution in [0.2, 0.25) is 0 Å². The first-order chi connectivity index (χ1) is 12.3. The third kappa shape index (κ3) is 4.50. The van der Waals surface area contributed by atoms with Crippen LogP contribution in [-0.4, -0.2) is 23.5 Å². The quantitative estimate of drug-likeness (QED) is 0.317. The number of anilines is 3. The standard InChI is InChI=1S/C18H19N5O3/c1-10(24)17(18(26)13-9-12(19)7-8-14(13)20)23-22-16-6-4-3-5-15(16)21-11(2)25/h3-9,17H,19-20H2,1-2H3,(H,21,25). The molecule has 1 atom stereocenters. The molecule has 0 heterocycles. The SMILES string of the molecule is CC(=O)Nc1ccccc1N=NC(C(C)=O)C(=O)c1cc(N)ccc1N. The van der Waals surface area contributed by atoms with Crippen LogP contribution in [0.15, 0.2) is 52.7 Å². The summed E-state index contributed by atoms with van der Waals surface area (Å²) in [4.78, 5) is 35.8. The summed E-state index contributed by atoms with van der Waals surface area (Å²) in [7, 11) is 0. The minimum Gasteiger partial charge on any atom is -0.399 e. The number of nitrogen functional groups attached to an aromatic ring is 2. The summed E-state index contributed by atoms with van der Waals surface area (Å²) in [5, 5.41) is 10.5. The fourth-order valence-corrected chi connectivity index (χ4v) is 2.23. The number of nitrogens with zero attached hydrogens (tertiary/aromatic N) is 2. The van der Waals surface area contributed by atoms with Crippen LogP contribution in [0.3, 0.4) is 0 Å². The number of ketones is 2. The molecule has 2 aromatic carbocycles. The molecule has 134 valence electrons. The zero-order valence-corrected chi connectivity index (χ0v) is 14.4. The van der Waals surface area contributed by atoms with Gasteiger partial charge in [0.25, 0.3) is 0 Å². The second kappa shape index (κ2) is 8.02. The van der Waals surface area contributed by atoms with Crippen molar-refractivity contribution >= 4 is 40.2 Å². The highest BCUT2D eigenvalue weighted by atomic mass is 16.2. The molecule has 0 saturated carbocycles. The van der Waals surface area contributed by atoms with Gasteiger partial charge in [-0.1, -0.05) is 12.1 Å². The molecule has 0 aliphatic heterocycles. The molecule has 0 spiro atoms. The Labute approximate surface area is 150 Å². The Bertz CT molecular complexity index is 892.